The van der Waals surface area contributed by atoms with Crippen molar-refractivity contribution >= 4 is 35.0 Å². The second-order valence-electron chi connectivity index (χ2n) is 5.74. The van der Waals surface area contributed by atoms with Crippen LogP contribution in [0.2, 0.25) is 5.02 Å². The first-order chi connectivity index (χ1) is 11.2. The number of halogens is 2. The molecule has 1 heterocycles. The molecule has 2 aromatic rings. The Kier molecular flexibility index (Phi) is 5.60. The highest BCUT2D eigenvalue weighted by Crippen LogP contribution is 2.20. The molecular weight excluding hydrogens is 327 g/mol. The fourth-order valence-corrected chi connectivity index (χ4v) is 3.23. The van der Waals surface area contributed by atoms with Gasteiger partial charge in [0.1, 0.15) is 0 Å². The molecule has 1 saturated heterocycles. The largest absolute Gasteiger partial charge is 0.369 e. The number of rotatable bonds is 4. The van der Waals surface area contributed by atoms with Gasteiger partial charge in [0.15, 0.2) is 0 Å². The van der Waals surface area contributed by atoms with Gasteiger partial charge < -0.3 is 4.90 Å². The Morgan fingerprint density at radius 2 is 1.57 bits per heavy atom. The quantitative estimate of drug-likeness (QED) is 0.788. The zero-order chi connectivity index (χ0) is 16.1. The summed E-state index contributed by atoms with van der Waals surface area (Å²) in [4.78, 5) is 4.79. The maximum Gasteiger partial charge on any atom is 0.0407 e. The molecule has 0 spiro atoms. The SMILES string of the molecule is Cl/C(=C\c1ccccc1)CN1CCN(c2ccc(Cl)cc2)CC1. The third-order valence-electron chi connectivity index (χ3n) is 4.06. The van der Waals surface area contributed by atoms with Gasteiger partial charge in [0.2, 0.25) is 0 Å². The van der Waals surface area contributed by atoms with E-state index >= 15 is 0 Å². The van der Waals surface area contributed by atoms with Crippen LogP contribution >= 0.6 is 23.2 Å². The molecule has 2 aromatic carbocycles. The van der Waals surface area contributed by atoms with E-state index < -0.39 is 0 Å². The van der Waals surface area contributed by atoms with Gasteiger partial charge in [0, 0.05) is 48.5 Å². The number of anilines is 1. The molecule has 0 N–H and O–H groups in total. The van der Waals surface area contributed by atoms with E-state index in [1.807, 2.05) is 36.4 Å². The van der Waals surface area contributed by atoms with Crippen LogP contribution in [0.3, 0.4) is 0 Å². The molecule has 0 atom stereocenters. The maximum atomic E-state index is 6.41. The maximum absolute atomic E-state index is 6.41. The minimum Gasteiger partial charge on any atom is -0.369 e. The Bertz CT molecular complexity index is 645. The van der Waals surface area contributed by atoms with Gasteiger partial charge in [-0.25, -0.2) is 0 Å². The number of benzene rings is 2. The van der Waals surface area contributed by atoms with Crippen molar-refractivity contribution < 1.29 is 0 Å². The molecule has 0 radical (unpaired) electrons. The highest BCUT2D eigenvalue weighted by molar-refractivity contribution is 6.31. The van der Waals surface area contributed by atoms with Crippen LogP contribution in [-0.2, 0) is 0 Å². The zero-order valence-corrected chi connectivity index (χ0v) is 14.5. The molecule has 23 heavy (non-hydrogen) atoms. The first-order valence-corrected chi connectivity index (χ1v) is 8.60. The van der Waals surface area contributed by atoms with Crippen molar-refractivity contribution in [1.82, 2.24) is 4.90 Å². The van der Waals surface area contributed by atoms with Crippen molar-refractivity contribution in [2.24, 2.45) is 0 Å². The number of nitrogens with zero attached hydrogens (tertiary/aromatic N) is 2. The summed E-state index contributed by atoms with van der Waals surface area (Å²) >= 11 is 12.4. The smallest absolute Gasteiger partial charge is 0.0407 e. The summed E-state index contributed by atoms with van der Waals surface area (Å²) in [6.45, 7) is 4.86. The van der Waals surface area contributed by atoms with Crippen molar-refractivity contribution in [3.05, 3.63) is 70.2 Å². The monoisotopic (exact) mass is 346 g/mol. The molecule has 120 valence electrons. The van der Waals surface area contributed by atoms with Crippen molar-refractivity contribution in [2.75, 3.05) is 37.6 Å². The van der Waals surface area contributed by atoms with E-state index in [0.717, 1.165) is 48.3 Å². The molecule has 0 amide bonds. The first kappa shape index (κ1) is 16.4. The molecule has 0 aromatic heterocycles. The minimum absolute atomic E-state index is 0.783. The Morgan fingerprint density at radius 1 is 0.913 bits per heavy atom. The van der Waals surface area contributed by atoms with E-state index in [2.05, 4.69) is 34.1 Å². The van der Waals surface area contributed by atoms with Gasteiger partial charge >= 0.3 is 0 Å². The topological polar surface area (TPSA) is 6.48 Å². The van der Waals surface area contributed by atoms with Crippen molar-refractivity contribution in [2.45, 2.75) is 0 Å². The molecule has 0 unspecified atom stereocenters. The van der Waals surface area contributed by atoms with E-state index in [1.165, 1.54) is 5.69 Å². The number of hydrogen-bond donors (Lipinski definition) is 0. The van der Waals surface area contributed by atoms with E-state index in [0.29, 0.717) is 0 Å². The fourth-order valence-electron chi connectivity index (χ4n) is 2.81. The summed E-state index contributed by atoms with van der Waals surface area (Å²) < 4.78 is 0. The van der Waals surface area contributed by atoms with E-state index in [4.69, 9.17) is 23.2 Å². The first-order valence-electron chi connectivity index (χ1n) is 7.85. The Morgan fingerprint density at radius 3 is 2.22 bits per heavy atom. The highest BCUT2D eigenvalue weighted by atomic mass is 35.5. The van der Waals surface area contributed by atoms with Crippen molar-refractivity contribution in [3.63, 3.8) is 0 Å². The summed E-state index contributed by atoms with van der Waals surface area (Å²) in [6, 6.07) is 18.3. The summed E-state index contributed by atoms with van der Waals surface area (Å²) in [6.07, 6.45) is 2.05. The van der Waals surface area contributed by atoms with E-state index in [9.17, 15) is 0 Å². The average molecular weight is 347 g/mol. The fraction of sp³-hybridized carbons (Fsp3) is 0.263. The Labute approximate surface area is 147 Å². The summed E-state index contributed by atoms with van der Waals surface area (Å²) in [5.41, 5.74) is 2.39. The predicted molar refractivity (Wildman–Crippen MR) is 100 cm³/mol. The minimum atomic E-state index is 0.783. The average Bonchev–Trinajstić information content (AvgIpc) is 2.57. The lowest BCUT2D eigenvalue weighted by atomic mass is 10.2. The normalized spacial score (nSPS) is 16.6. The van der Waals surface area contributed by atoms with Gasteiger partial charge in [-0.05, 0) is 35.9 Å². The Balaban J connectivity index is 1.53. The van der Waals surface area contributed by atoms with Crippen molar-refractivity contribution in [1.29, 1.82) is 0 Å². The molecule has 1 aliphatic heterocycles. The van der Waals surface area contributed by atoms with Gasteiger partial charge in [0.25, 0.3) is 0 Å². The molecule has 2 nitrogen and oxygen atoms in total. The summed E-state index contributed by atoms with van der Waals surface area (Å²) in [7, 11) is 0. The molecule has 0 saturated carbocycles. The van der Waals surface area contributed by atoms with Crippen LogP contribution in [0.4, 0.5) is 5.69 Å². The number of piperazine rings is 1. The molecule has 1 fully saturated rings. The summed E-state index contributed by atoms with van der Waals surface area (Å²) in [5.74, 6) is 0. The van der Waals surface area contributed by atoms with Gasteiger partial charge in [-0.15, -0.1) is 0 Å². The predicted octanol–water partition coefficient (Wildman–Crippen LogP) is 4.74. The number of hydrogen-bond acceptors (Lipinski definition) is 2. The van der Waals surface area contributed by atoms with E-state index in [1.54, 1.807) is 0 Å². The molecule has 4 heteroatoms. The lowest BCUT2D eigenvalue weighted by Gasteiger charge is -2.36. The van der Waals surface area contributed by atoms with Gasteiger partial charge in [-0.2, -0.15) is 0 Å². The summed E-state index contributed by atoms with van der Waals surface area (Å²) in [5, 5.41) is 1.67. The second kappa shape index (κ2) is 7.87. The van der Waals surface area contributed by atoms with Crippen LogP contribution in [0.25, 0.3) is 6.08 Å². The second-order valence-corrected chi connectivity index (χ2v) is 6.66. The molecule has 0 aliphatic carbocycles. The molecule has 3 rings (SSSR count). The lowest BCUT2D eigenvalue weighted by molar-refractivity contribution is 0.282. The third kappa shape index (κ3) is 4.74. The van der Waals surface area contributed by atoms with Crippen LogP contribution < -0.4 is 4.90 Å². The van der Waals surface area contributed by atoms with Gasteiger partial charge in [0.05, 0.1) is 0 Å². The Hall–Kier alpha value is -1.48. The van der Waals surface area contributed by atoms with Gasteiger partial charge in [-0.3, -0.25) is 4.90 Å². The van der Waals surface area contributed by atoms with Crippen LogP contribution in [0.15, 0.2) is 59.6 Å². The van der Waals surface area contributed by atoms with Crippen LogP contribution in [0, 0.1) is 0 Å². The van der Waals surface area contributed by atoms with Crippen LogP contribution in [0.5, 0.6) is 0 Å². The molecule has 1 aliphatic rings. The highest BCUT2D eigenvalue weighted by Gasteiger charge is 2.17. The van der Waals surface area contributed by atoms with Crippen LogP contribution in [-0.4, -0.2) is 37.6 Å². The molecule has 0 bridgehead atoms. The van der Waals surface area contributed by atoms with E-state index in [-0.39, 0.29) is 0 Å². The lowest BCUT2D eigenvalue weighted by Crippen LogP contribution is -2.46. The standard InChI is InChI=1S/C19H20Cl2N2/c20-17-6-8-19(9-7-17)23-12-10-22(11-13-23)15-18(21)14-16-4-2-1-3-5-16/h1-9,14H,10-13,15H2/b18-14-. The van der Waals surface area contributed by atoms with Crippen LogP contribution in [0.1, 0.15) is 5.56 Å². The molecular formula is C19H20Cl2N2. The van der Waals surface area contributed by atoms with Gasteiger partial charge in [-0.1, -0.05) is 53.5 Å². The zero-order valence-electron chi connectivity index (χ0n) is 13.0. The third-order valence-corrected chi connectivity index (χ3v) is 4.54. The van der Waals surface area contributed by atoms with Crippen molar-refractivity contribution in [3.8, 4) is 0 Å².